The van der Waals surface area contributed by atoms with Gasteiger partial charge >= 0.3 is 0 Å². The average molecular weight is 511 g/mol. The molecule has 3 unspecified atom stereocenters. The van der Waals surface area contributed by atoms with Crippen LogP contribution in [0.5, 0.6) is 11.6 Å². The summed E-state index contributed by atoms with van der Waals surface area (Å²) in [4.78, 5) is 27.9. The minimum atomic E-state index is 0.0219. The van der Waals surface area contributed by atoms with Gasteiger partial charge in [-0.25, -0.2) is 15.0 Å². The molecule has 2 aliphatic heterocycles. The fraction of sp³-hybridized carbons (Fsp3) is 0.310. The van der Waals surface area contributed by atoms with Gasteiger partial charge in [-0.3, -0.25) is 9.69 Å². The van der Waals surface area contributed by atoms with Gasteiger partial charge in [0.25, 0.3) is 0 Å². The summed E-state index contributed by atoms with van der Waals surface area (Å²) in [5, 5.41) is 0.829. The molecule has 2 aliphatic rings. The van der Waals surface area contributed by atoms with E-state index >= 15 is 0 Å². The van der Waals surface area contributed by atoms with Crippen molar-refractivity contribution in [3.05, 3.63) is 72.8 Å². The number of ether oxygens (including phenoxy) is 2. The molecule has 3 atom stereocenters. The summed E-state index contributed by atoms with van der Waals surface area (Å²) in [7, 11) is 2.02. The highest BCUT2D eigenvalue weighted by molar-refractivity contribution is 6.02. The first-order valence-electron chi connectivity index (χ1n) is 12.7. The Morgan fingerprint density at radius 2 is 2.03 bits per heavy atom. The Kier molecular flexibility index (Phi) is 6.17. The predicted octanol–water partition coefficient (Wildman–Crippen LogP) is 4.03. The summed E-state index contributed by atoms with van der Waals surface area (Å²) in [6.45, 7) is 7.11. The lowest BCUT2D eigenvalue weighted by molar-refractivity contribution is -0.118. The molecular weight excluding hydrogens is 480 g/mol. The molecule has 6 rings (SSSR count). The molecule has 2 saturated heterocycles. The molecule has 2 N–H and O–H groups in total. The van der Waals surface area contributed by atoms with Crippen molar-refractivity contribution in [2.24, 2.45) is 7.05 Å². The van der Waals surface area contributed by atoms with Gasteiger partial charge in [0, 0.05) is 48.1 Å². The second-order valence-electron chi connectivity index (χ2n) is 9.96. The fourth-order valence-corrected chi connectivity index (χ4v) is 5.98. The number of carbonyl (C=O) groups is 1. The summed E-state index contributed by atoms with van der Waals surface area (Å²) < 4.78 is 14.1. The lowest BCUT2D eigenvalue weighted by Crippen LogP contribution is -2.48. The van der Waals surface area contributed by atoms with Crippen LogP contribution in [0.1, 0.15) is 23.7 Å². The lowest BCUT2D eigenvalue weighted by Gasteiger charge is -2.35. The van der Waals surface area contributed by atoms with Crippen molar-refractivity contribution in [2.45, 2.75) is 31.3 Å². The van der Waals surface area contributed by atoms with Crippen molar-refractivity contribution in [3.63, 3.8) is 0 Å². The van der Waals surface area contributed by atoms with E-state index in [-0.39, 0.29) is 23.8 Å². The van der Waals surface area contributed by atoms with Crippen LogP contribution >= 0.6 is 0 Å². The highest BCUT2D eigenvalue weighted by Crippen LogP contribution is 2.47. The maximum atomic E-state index is 12.3. The first-order valence-corrected chi connectivity index (χ1v) is 12.7. The highest BCUT2D eigenvalue weighted by Gasteiger charge is 2.47. The second kappa shape index (κ2) is 9.66. The largest absolute Gasteiger partial charge is 0.439 e. The van der Waals surface area contributed by atoms with Gasteiger partial charge in [0.1, 0.15) is 23.5 Å². The van der Waals surface area contributed by atoms with Crippen LogP contribution < -0.4 is 10.5 Å². The third kappa shape index (κ3) is 4.13. The summed E-state index contributed by atoms with van der Waals surface area (Å²) in [6.07, 6.45) is 3.78. The third-order valence-corrected chi connectivity index (χ3v) is 7.67. The number of nitrogens with zero attached hydrogens (tertiary/aromatic N) is 5. The van der Waals surface area contributed by atoms with Crippen molar-refractivity contribution in [1.82, 2.24) is 24.4 Å². The van der Waals surface area contributed by atoms with Gasteiger partial charge in [-0.2, -0.15) is 0 Å². The quantitative estimate of drug-likeness (QED) is 0.371. The van der Waals surface area contributed by atoms with E-state index in [1.807, 2.05) is 56.4 Å². The van der Waals surface area contributed by atoms with Crippen LogP contribution in [0.25, 0.3) is 22.2 Å². The standard InChI is InChI=1S/C29H30N6O3/c1-4-20(36)13-35-19-12-22(23(35)15-37-14-19)27-25(26-28(30)31-16-32-29(26)34(27)3)18-8-10-21(11-9-18)38-24-7-5-6-17(2)33-24/h4-11,16,19,22-23H,1,12-15H2,2-3H3,(H2,30,31,32). The predicted molar refractivity (Wildman–Crippen MR) is 145 cm³/mol. The smallest absolute Gasteiger partial charge is 0.219 e. The molecule has 3 aromatic heterocycles. The molecule has 0 radical (unpaired) electrons. The van der Waals surface area contributed by atoms with Crippen LogP contribution in [0, 0.1) is 6.92 Å². The zero-order chi connectivity index (χ0) is 26.4. The molecule has 5 heterocycles. The second-order valence-corrected chi connectivity index (χ2v) is 9.96. The van der Waals surface area contributed by atoms with Gasteiger partial charge in [-0.1, -0.05) is 24.8 Å². The Morgan fingerprint density at radius 3 is 2.79 bits per heavy atom. The molecule has 4 aromatic rings. The molecule has 9 heteroatoms. The van der Waals surface area contributed by atoms with Crippen molar-refractivity contribution in [3.8, 4) is 22.8 Å². The van der Waals surface area contributed by atoms with Gasteiger partial charge in [0.2, 0.25) is 5.88 Å². The van der Waals surface area contributed by atoms with Crippen molar-refractivity contribution in [2.75, 3.05) is 25.5 Å². The zero-order valence-electron chi connectivity index (χ0n) is 21.5. The van der Waals surface area contributed by atoms with Crippen LogP contribution in [0.3, 0.4) is 0 Å². The number of hydrogen-bond donors (Lipinski definition) is 1. The third-order valence-electron chi connectivity index (χ3n) is 7.67. The van der Waals surface area contributed by atoms with Crippen molar-refractivity contribution >= 4 is 22.6 Å². The Bertz CT molecular complexity index is 1530. The topological polar surface area (TPSA) is 108 Å². The number of fused-ring (bicyclic) bond motifs is 3. The van der Waals surface area contributed by atoms with Gasteiger partial charge in [-0.15, -0.1) is 0 Å². The molecule has 38 heavy (non-hydrogen) atoms. The summed E-state index contributed by atoms with van der Waals surface area (Å²) in [6, 6.07) is 13.9. The van der Waals surface area contributed by atoms with Gasteiger partial charge in [-0.05, 0) is 43.2 Å². The van der Waals surface area contributed by atoms with E-state index in [9.17, 15) is 4.79 Å². The SMILES string of the molecule is C=CC(=O)CN1C2COCC1C(c1c(-c3ccc(Oc4cccc(C)n4)cc3)c3c(N)ncnc3n1C)C2. The minimum Gasteiger partial charge on any atom is -0.439 e. The first kappa shape index (κ1) is 24.3. The Morgan fingerprint density at radius 1 is 1.21 bits per heavy atom. The van der Waals surface area contributed by atoms with Crippen LogP contribution in [-0.2, 0) is 16.6 Å². The molecule has 0 saturated carbocycles. The maximum Gasteiger partial charge on any atom is 0.219 e. The summed E-state index contributed by atoms with van der Waals surface area (Å²) >= 11 is 0. The first-order chi connectivity index (χ1) is 18.4. The molecule has 194 valence electrons. The molecule has 1 aromatic carbocycles. The van der Waals surface area contributed by atoms with Gasteiger partial charge in [0.15, 0.2) is 5.78 Å². The fourth-order valence-electron chi connectivity index (χ4n) is 5.98. The number of morpholine rings is 1. The highest BCUT2D eigenvalue weighted by atomic mass is 16.5. The van der Waals surface area contributed by atoms with E-state index in [1.165, 1.54) is 12.4 Å². The molecule has 0 spiro atoms. The Hall–Kier alpha value is -4.08. The Labute approximate surface area is 220 Å². The van der Waals surface area contributed by atoms with Crippen LogP contribution in [-0.4, -0.2) is 62.0 Å². The number of carbonyl (C=O) groups excluding carboxylic acids is 1. The van der Waals surface area contributed by atoms with E-state index in [2.05, 4.69) is 31.0 Å². The number of benzene rings is 1. The van der Waals surface area contributed by atoms with E-state index < -0.39 is 0 Å². The van der Waals surface area contributed by atoms with Crippen molar-refractivity contribution in [1.29, 1.82) is 0 Å². The minimum absolute atomic E-state index is 0.0219. The number of nitrogen functional groups attached to an aromatic ring is 1. The number of aryl methyl sites for hydroxylation is 2. The molecule has 2 bridgehead atoms. The van der Waals surface area contributed by atoms with Gasteiger partial charge < -0.3 is 19.8 Å². The molecular formula is C29H30N6O3. The molecule has 0 amide bonds. The Balaban J connectivity index is 1.43. The number of ketones is 1. The number of nitrogens with two attached hydrogens (primary N) is 1. The van der Waals surface area contributed by atoms with Gasteiger partial charge in [0.05, 0.1) is 25.1 Å². The van der Waals surface area contributed by atoms with Crippen LogP contribution in [0.2, 0.25) is 0 Å². The van der Waals surface area contributed by atoms with Crippen molar-refractivity contribution < 1.29 is 14.3 Å². The van der Waals surface area contributed by atoms with E-state index in [0.29, 0.717) is 37.2 Å². The summed E-state index contributed by atoms with van der Waals surface area (Å²) in [5.41, 5.74) is 11.2. The average Bonchev–Trinajstić information content (AvgIpc) is 3.29. The number of hydrogen-bond acceptors (Lipinski definition) is 8. The summed E-state index contributed by atoms with van der Waals surface area (Å²) in [5.74, 6) is 1.83. The zero-order valence-corrected chi connectivity index (χ0v) is 21.5. The molecule has 0 aliphatic carbocycles. The van der Waals surface area contributed by atoms with Crippen LogP contribution in [0.4, 0.5) is 5.82 Å². The number of aromatic nitrogens is 4. The number of anilines is 1. The monoisotopic (exact) mass is 510 g/mol. The number of pyridine rings is 1. The number of rotatable bonds is 7. The molecule has 9 nitrogen and oxygen atoms in total. The molecule has 2 fully saturated rings. The van der Waals surface area contributed by atoms with Crippen LogP contribution in [0.15, 0.2) is 61.4 Å². The van der Waals surface area contributed by atoms with E-state index in [4.69, 9.17) is 15.2 Å². The maximum absolute atomic E-state index is 12.3. The lowest BCUT2D eigenvalue weighted by atomic mass is 9.90. The normalized spacial score (nSPS) is 21.1. The van der Waals surface area contributed by atoms with E-state index in [0.717, 1.165) is 40.0 Å². The van der Waals surface area contributed by atoms with E-state index in [1.54, 1.807) is 0 Å².